The maximum absolute atomic E-state index is 12.3. The zero-order chi connectivity index (χ0) is 19.4. The van der Waals surface area contributed by atoms with Crippen LogP contribution in [0.1, 0.15) is 0 Å². The van der Waals surface area contributed by atoms with Gasteiger partial charge in [0.2, 0.25) is 5.91 Å². The fraction of sp³-hybridized carbons (Fsp3) is 0.105. The smallest absolute Gasteiger partial charge is 0.320 e. The Morgan fingerprint density at radius 2 is 1.81 bits per heavy atom. The topological polar surface area (TPSA) is 82.3 Å². The molecule has 8 heteroatoms. The third-order valence-electron chi connectivity index (χ3n) is 3.84. The molecule has 1 aromatic heterocycles. The minimum absolute atomic E-state index is 0.320. The molecule has 0 aliphatic heterocycles. The van der Waals surface area contributed by atoms with Crippen LogP contribution in [0.3, 0.4) is 0 Å². The molecule has 0 radical (unpaired) electrons. The number of carbonyl (C=O) groups excluding carboxylic acids is 1. The Kier molecular flexibility index (Phi) is 5.42. The van der Waals surface area contributed by atoms with Crippen molar-refractivity contribution < 1.29 is 9.53 Å². The van der Waals surface area contributed by atoms with Crippen LogP contribution in [-0.4, -0.2) is 22.2 Å². The highest BCUT2D eigenvalue weighted by Crippen LogP contribution is 2.27. The number of hydrogen-bond donors (Lipinski definition) is 1. The molecule has 0 spiro atoms. The van der Waals surface area contributed by atoms with Gasteiger partial charge in [-0.3, -0.25) is 23.5 Å². The summed E-state index contributed by atoms with van der Waals surface area (Å²) in [5, 5.41) is 3.05. The average Bonchev–Trinajstić information content (AvgIpc) is 2.66. The molecular formula is C19H16ClN3O4. The molecule has 0 fully saturated rings. The molecule has 3 aromatic rings. The molecule has 138 valence electrons. The summed E-state index contributed by atoms with van der Waals surface area (Å²) in [6.45, 7) is -0.320. The second-order valence-corrected chi connectivity index (χ2v) is 6.07. The van der Waals surface area contributed by atoms with Gasteiger partial charge in [-0.15, -0.1) is 0 Å². The SMILES string of the molecule is COc1ccc(Cl)cc1NC(=O)Cn1ccn(-c2ccccc2)c(=O)c1=O. The van der Waals surface area contributed by atoms with E-state index in [4.69, 9.17) is 16.3 Å². The van der Waals surface area contributed by atoms with Crippen LogP contribution in [0, 0.1) is 0 Å². The molecule has 7 nitrogen and oxygen atoms in total. The van der Waals surface area contributed by atoms with Crippen LogP contribution in [-0.2, 0) is 11.3 Å². The van der Waals surface area contributed by atoms with Gasteiger partial charge in [0.25, 0.3) is 0 Å². The van der Waals surface area contributed by atoms with Crippen molar-refractivity contribution >= 4 is 23.2 Å². The number of methoxy groups -OCH3 is 1. The highest BCUT2D eigenvalue weighted by molar-refractivity contribution is 6.31. The lowest BCUT2D eigenvalue weighted by atomic mass is 10.3. The fourth-order valence-electron chi connectivity index (χ4n) is 2.55. The highest BCUT2D eigenvalue weighted by Gasteiger charge is 2.12. The van der Waals surface area contributed by atoms with Gasteiger partial charge in [0, 0.05) is 23.1 Å². The van der Waals surface area contributed by atoms with Gasteiger partial charge in [0.15, 0.2) is 0 Å². The first-order valence-corrected chi connectivity index (χ1v) is 8.38. The van der Waals surface area contributed by atoms with Crippen molar-refractivity contribution in [3.05, 3.63) is 86.7 Å². The van der Waals surface area contributed by atoms with Crippen molar-refractivity contribution in [2.24, 2.45) is 0 Å². The summed E-state index contributed by atoms with van der Waals surface area (Å²) >= 11 is 5.93. The van der Waals surface area contributed by atoms with Crippen molar-refractivity contribution in [3.63, 3.8) is 0 Å². The molecule has 0 bridgehead atoms. The number of benzene rings is 2. The van der Waals surface area contributed by atoms with Crippen LogP contribution in [0.2, 0.25) is 5.02 Å². The zero-order valence-corrected chi connectivity index (χ0v) is 15.1. The van der Waals surface area contributed by atoms with E-state index in [1.807, 2.05) is 6.07 Å². The van der Waals surface area contributed by atoms with E-state index in [0.29, 0.717) is 22.1 Å². The standard InChI is InChI=1S/C19H16ClN3O4/c1-27-16-8-7-13(20)11-15(16)21-17(24)12-22-9-10-23(19(26)18(22)25)14-5-3-2-4-6-14/h2-11H,12H2,1H3,(H,21,24). The summed E-state index contributed by atoms with van der Waals surface area (Å²) in [7, 11) is 1.46. The van der Waals surface area contributed by atoms with E-state index < -0.39 is 17.0 Å². The number of aromatic nitrogens is 2. The van der Waals surface area contributed by atoms with Crippen LogP contribution in [0.5, 0.6) is 5.75 Å². The molecule has 0 unspecified atom stereocenters. The summed E-state index contributed by atoms with van der Waals surface area (Å²) in [5.41, 5.74) is -0.591. The molecule has 0 saturated heterocycles. The maximum atomic E-state index is 12.3. The van der Waals surface area contributed by atoms with Gasteiger partial charge in [-0.25, -0.2) is 0 Å². The second kappa shape index (κ2) is 7.92. The summed E-state index contributed by atoms with van der Waals surface area (Å²) in [4.78, 5) is 37.0. The number of rotatable bonds is 5. The van der Waals surface area contributed by atoms with Crippen LogP contribution in [0.4, 0.5) is 5.69 Å². The Balaban J connectivity index is 1.83. The lowest BCUT2D eigenvalue weighted by Gasteiger charge is -2.12. The number of carbonyl (C=O) groups is 1. The largest absolute Gasteiger partial charge is 0.495 e. The first-order valence-electron chi connectivity index (χ1n) is 8.00. The Morgan fingerprint density at radius 1 is 1.07 bits per heavy atom. The molecule has 3 rings (SSSR count). The van der Waals surface area contributed by atoms with Crippen molar-refractivity contribution in [1.29, 1.82) is 0 Å². The summed E-state index contributed by atoms with van der Waals surface area (Å²) < 4.78 is 7.45. The average molecular weight is 386 g/mol. The molecule has 27 heavy (non-hydrogen) atoms. The van der Waals surface area contributed by atoms with Crippen molar-refractivity contribution in [2.75, 3.05) is 12.4 Å². The van der Waals surface area contributed by atoms with Gasteiger partial charge in [-0.2, -0.15) is 0 Å². The third kappa shape index (κ3) is 4.09. The number of halogens is 1. The van der Waals surface area contributed by atoms with Crippen molar-refractivity contribution in [1.82, 2.24) is 9.13 Å². The maximum Gasteiger partial charge on any atom is 0.320 e. The van der Waals surface area contributed by atoms with Crippen LogP contribution >= 0.6 is 11.6 Å². The quantitative estimate of drug-likeness (QED) is 0.683. The molecule has 1 N–H and O–H groups in total. The Morgan fingerprint density at radius 3 is 2.52 bits per heavy atom. The van der Waals surface area contributed by atoms with Crippen LogP contribution in [0.15, 0.2) is 70.5 Å². The lowest BCUT2D eigenvalue weighted by Crippen LogP contribution is -2.41. The van der Waals surface area contributed by atoms with Gasteiger partial charge >= 0.3 is 11.1 Å². The number of hydrogen-bond acceptors (Lipinski definition) is 4. The highest BCUT2D eigenvalue weighted by atomic mass is 35.5. The molecular weight excluding hydrogens is 370 g/mol. The van der Waals surface area contributed by atoms with Gasteiger partial charge in [0.1, 0.15) is 12.3 Å². The normalized spacial score (nSPS) is 10.4. The molecule has 0 aliphatic rings. The predicted molar refractivity (Wildman–Crippen MR) is 103 cm³/mol. The van der Waals surface area contributed by atoms with Crippen LogP contribution in [0.25, 0.3) is 5.69 Å². The summed E-state index contributed by atoms with van der Waals surface area (Å²) in [6, 6.07) is 13.5. The summed E-state index contributed by atoms with van der Waals surface area (Å²) in [6.07, 6.45) is 2.85. The van der Waals surface area contributed by atoms with E-state index in [1.54, 1.807) is 36.4 Å². The van der Waals surface area contributed by atoms with Gasteiger partial charge in [-0.05, 0) is 30.3 Å². The first kappa shape index (κ1) is 18.5. The van der Waals surface area contributed by atoms with E-state index in [1.165, 1.54) is 30.1 Å². The molecule has 1 heterocycles. The predicted octanol–water partition coefficient (Wildman–Crippen LogP) is 2.30. The first-order chi connectivity index (χ1) is 13.0. The number of ether oxygens (including phenoxy) is 1. The molecule has 0 saturated carbocycles. The van der Waals surface area contributed by atoms with E-state index in [9.17, 15) is 14.4 Å². The fourth-order valence-corrected chi connectivity index (χ4v) is 2.72. The van der Waals surface area contributed by atoms with Gasteiger partial charge in [-0.1, -0.05) is 29.8 Å². The number of para-hydroxylation sites is 1. The zero-order valence-electron chi connectivity index (χ0n) is 14.4. The van der Waals surface area contributed by atoms with Gasteiger partial charge < -0.3 is 10.1 Å². The minimum Gasteiger partial charge on any atom is -0.495 e. The minimum atomic E-state index is -0.797. The Bertz CT molecular complexity index is 1090. The Hall–Kier alpha value is -3.32. The van der Waals surface area contributed by atoms with E-state index in [0.717, 1.165) is 4.57 Å². The van der Waals surface area contributed by atoms with E-state index in [-0.39, 0.29) is 6.54 Å². The van der Waals surface area contributed by atoms with Crippen LogP contribution < -0.4 is 21.2 Å². The van der Waals surface area contributed by atoms with Crippen molar-refractivity contribution in [3.8, 4) is 11.4 Å². The lowest BCUT2D eigenvalue weighted by molar-refractivity contribution is -0.116. The number of amides is 1. The monoisotopic (exact) mass is 385 g/mol. The second-order valence-electron chi connectivity index (χ2n) is 5.63. The molecule has 0 aliphatic carbocycles. The third-order valence-corrected chi connectivity index (χ3v) is 4.08. The van der Waals surface area contributed by atoms with Gasteiger partial charge in [0.05, 0.1) is 12.8 Å². The number of nitrogens with one attached hydrogen (secondary N) is 1. The molecule has 2 aromatic carbocycles. The van der Waals surface area contributed by atoms with E-state index in [2.05, 4.69) is 5.32 Å². The number of nitrogens with zero attached hydrogens (tertiary/aromatic N) is 2. The molecule has 1 amide bonds. The van der Waals surface area contributed by atoms with Crippen molar-refractivity contribution in [2.45, 2.75) is 6.54 Å². The van der Waals surface area contributed by atoms with E-state index >= 15 is 0 Å². The Labute approximate surface area is 159 Å². The molecule has 0 atom stereocenters. The summed E-state index contributed by atoms with van der Waals surface area (Å²) in [5.74, 6) is -0.0610. The number of anilines is 1.